The van der Waals surface area contributed by atoms with Crippen LogP contribution in [0.5, 0.6) is 0 Å². The number of esters is 2. The van der Waals surface area contributed by atoms with Gasteiger partial charge in [-0.15, -0.1) is 0 Å². The minimum atomic E-state index is -0.313. The van der Waals surface area contributed by atoms with Crippen LogP contribution in [0.3, 0.4) is 0 Å². The summed E-state index contributed by atoms with van der Waals surface area (Å²) in [4.78, 5) is 36.6. The van der Waals surface area contributed by atoms with Gasteiger partial charge >= 0.3 is 11.9 Å². The van der Waals surface area contributed by atoms with E-state index in [1.54, 1.807) is 0 Å². The maximum Gasteiger partial charge on any atom is 0.306 e. The molecule has 1 aliphatic carbocycles. The van der Waals surface area contributed by atoms with Crippen LogP contribution in [0.15, 0.2) is 97.1 Å². The van der Waals surface area contributed by atoms with E-state index < -0.39 is 0 Å². The fraction of sp³-hybridized carbons (Fsp3) is 0.250. The lowest BCUT2D eigenvalue weighted by Gasteiger charge is -2.09. The molecule has 0 unspecified atom stereocenters. The second-order valence-electron chi connectivity index (χ2n) is 10.5. The number of hydrogen-bond donors (Lipinski definition) is 0. The number of benzene rings is 4. The molecule has 1 aliphatic rings. The highest BCUT2D eigenvalue weighted by Gasteiger charge is 2.28. The summed E-state index contributed by atoms with van der Waals surface area (Å²) in [5, 5.41) is 0. The summed E-state index contributed by atoms with van der Waals surface area (Å²) >= 11 is 0. The molecule has 0 saturated carbocycles. The number of rotatable bonds is 13. The van der Waals surface area contributed by atoms with Gasteiger partial charge in [0.05, 0.1) is 5.92 Å². The fourth-order valence-electron chi connectivity index (χ4n) is 5.35. The summed E-state index contributed by atoms with van der Waals surface area (Å²) in [5.41, 5.74) is 8.36. The first kappa shape index (κ1) is 28.0. The Morgan fingerprint density at radius 2 is 1.02 bits per heavy atom. The van der Waals surface area contributed by atoms with Crippen molar-refractivity contribution in [3.63, 3.8) is 0 Å². The Morgan fingerprint density at radius 3 is 1.44 bits per heavy atom. The van der Waals surface area contributed by atoms with Gasteiger partial charge in [-0.25, -0.2) is 0 Å². The van der Waals surface area contributed by atoms with Gasteiger partial charge in [0.1, 0.15) is 19.5 Å². The van der Waals surface area contributed by atoms with Crippen molar-refractivity contribution in [2.75, 3.05) is 0 Å². The molecule has 0 atom stereocenters. The first-order chi connectivity index (χ1) is 20.1. The largest absolute Gasteiger partial charge is 0.461 e. The first-order valence-corrected chi connectivity index (χ1v) is 14.2. The lowest BCUT2D eigenvalue weighted by Crippen LogP contribution is -2.05. The molecule has 0 spiro atoms. The van der Waals surface area contributed by atoms with Crippen molar-refractivity contribution in [2.24, 2.45) is 0 Å². The third-order valence-corrected chi connectivity index (χ3v) is 7.51. The van der Waals surface area contributed by atoms with Crippen molar-refractivity contribution < 1.29 is 23.9 Å². The minimum absolute atomic E-state index is 0.204. The molecule has 5 rings (SSSR count). The second kappa shape index (κ2) is 13.7. The third-order valence-electron chi connectivity index (χ3n) is 7.51. The predicted molar refractivity (Wildman–Crippen MR) is 158 cm³/mol. The predicted octanol–water partition coefficient (Wildman–Crippen LogP) is 7.13. The van der Waals surface area contributed by atoms with E-state index >= 15 is 0 Å². The van der Waals surface area contributed by atoms with Crippen LogP contribution in [0.25, 0.3) is 11.1 Å². The Hall–Kier alpha value is -4.51. The highest BCUT2D eigenvalue weighted by Crippen LogP contribution is 2.44. The lowest BCUT2D eigenvalue weighted by molar-refractivity contribution is -0.146. The SMILES string of the molecule is O=CC1c2cc(CCCC(=O)OCc3ccccc3)ccc2-c2ccc(CCCC(=O)OCc3ccccc3)cc21. The molecule has 5 nitrogen and oxygen atoms in total. The number of carbonyl (C=O) groups is 3. The van der Waals surface area contributed by atoms with Crippen LogP contribution in [-0.2, 0) is 49.9 Å². The van der Waals surface area contributed by atoms with E-state index in [0.717, 1.165) is 63.6 Å². The van der Waals surface area contributed by atoms with E-state index in [1.807, 2.05) is 60.7 Å². The molecule has 0 aromatic heterocycles. The third kappa shape index (κ3) is 7.37. The molecule has 0 amide bonds. The molecule has 0 aliphatic heterocycles. The van der Waals surface area contributed by atoms with Crippen molar-refractivity contribution in [3.8, 4) is 11.1 Å². The zero-order chi connectivity index (χ0) is 28.4. The smallest absolute Gasteiger partial charge is 0.306 e. The van der Waals surface area contributed by atoms with Crippen molar-refractivity contribution in [2.45, 2.75) is 57.7 Å². The van der Waals surface area contributed by atoms with Crippen LogP contribution in [0.4, 0.5) is 0 Å². The normalized spacial score (nSPS) is 11.9. The van der Waals surface area contributed by atoms with Gasteiger partial charge in [-0.1, -0.05) is 97.1 Å². The standard InChI is InChI=1S/C36H34O5/c37-23-34-32-21-26(13-7-15-35(38)40-24-28-9-3-1-4-10-28)17-19-30(32)31-20-18-27(22-33(31)34)14-8-16-36(39)41-25-29-11-5-2-6-12-29/h1-6,9-12,17-23,34H,7-8,13-16,24-25H2. The molecule has 5 heteroatoms. The number of aryl methyl sites for hydroxylation is 2. The average molecular weight is 547 g/mol. The molecule has 4 aromatic carbocycles. The maximum absolute atomic E-state index is 12.2. The van der Waals surface area contributed by atoms with E-state index in [9.17, 15) is 14.4 Å². The summed E-state index contributed by atoms with van der Waals surface area (Å²) in [6.07, 6.45) is 4.56. The number of aldehydes is 1. The van der Waals surface area contributed by atoms with Gasteiger partial charge in [0, 0.05) is 12.8 Å². The Kier molecular flexibility index (Phi) is 9.37. The topological polar surface area (TPSA) is 69.7 Å². The molecule has 208 valence electrons. The molecular formula is C36H34O5. The zero-order valence-electron chi connectivity index (χ0n) is 23.1. The molecule has 0 radical (unpaired) electrons. The average Bonchev–Trinajstić information content (AvgIpc) is 3.32. The van der Waals surface area contributed by atoms with E-state index in [2.05, 4.69) is 36.4 Å². The molecule has 0 fully saturated rings. The second-order valence-corrected chi connectivity index (χ2v) is 10.5. The van der Waals surface area contributed by atoms with Gasteiger partial charge in [0.25, 0.3) is 0 Å². The Morgan fingerprint density at radius 1 is 0.585 bits per heavy atom. The van der Waals surface area contributed by atoms with Gasteiger partial charge < -0.3 is 14.3 Å². The van der Waals surface area contributed by atoms with Crippen LogP contribution in [0, 0.1) is 0 Å². The van der Waals surface area contributed by atoms with Gasteiger partial charge in [-0.05, 0) is 70.2 Å². The quantitative estimate of drug-likeness (QED) is 0.132. The molecule has 41 heavy (non-hydrogen) atoms. The molecule has 4 aromatic rings. The zero-order valence-corrected chi connectivity index (χ0v) is 23.1. The van der Waals surface area contributed by atoms with Gasteiger partial charge in [0.2, 0.25) is 0 Å². The van der Waals surface area contributed by atoms with Crippen LogP contribution in [0.2, 0.25) is 0 Å². The van der Waals surface area contributed by atoms with E-state index in [4.69, 9.17) is 9.47 Å². The van der Waals surface area contributed by atoms with Gasteiger partial charge in [0.15, 0.2) is 0 Å². The van der Waals surface area contributed by atoms with Crippen LogP contribution in [-0.4, -0.2) is 18.2 Å². The number of fused-ring (bicyclic) bond motifs is 3. The van der Waals surface area contributed by atoms with Gasteiger partial charge in [-0.2, -0.15) is 0 Å². The summed E-state index contributed by atoms with van der Waals surface area (Å²) in [5.74, 6) is -0.720. The van der Waals surface area contributed by atoms with E-state index in [0.29, 0.717) is 25.7 Å². The van der Waals surface area contributed by atoms with Crippen molar-refractivity contribution in [1.82, 2.24) is 0 Å². The van der Waals surface area contributed by atoms with Crippen LogP contribution in [0.1, 0.15) is 65.0 Å². The number of hydrogen-bond acceptors (Lipinski definition) is 5. The van der Waals surface area contributed by atoms with Gasteiger partial charge in [-0.3, -0.25) is 9.59 Å². The Labute approximate surface area is 241 Å². The molecule has 0 heterocycles. The Bertz CT molecular complexity index is 1380. The maximum atomic E-state index is 12.2. The highest BCUT2D eigenvalue weighted by atomic mass is 16.5. The number of carbonyl (C=O) groups excluding carboxylic acids is 3. The molecule has 0 saturated heterocycles. The summed E-state index contributed by atoms with van der Waals surface area (Å²) < 4.78 is 10.8. The fourth-order valence-corrected chi connectivity index (χ4v) is 5.35. The van der Waals surface area contributed by atoms with E-state index in [1.165, 1.54) is 0 Å². The first-order valence-electron chi connectivity index (χ1n) is 14.2. The summed E-state index contributed by atoms with van der Waals surface area (Å²) in [6, 6.07) is 31.9. The lowest BCUT2D eigenvalue weighted by atomic mass is 9.94. The molecular weight excluding hydrogens is 512 g/mol. The Balaban J connectivity index is 1.12. The van der Waals surface area contributed by atoms with E-state index in [-0.39, 0.29) is 31.1 Å². The summed E-state index contributed by atoms with van der Waals surface area (Å²) in [7, 11) is 0. The van der Waals surface area contributed by atoms with Crippen molar-refractivity contribution >= 4 is 18.2 Å². The van der Waals surface area contributed by atoms with Crippen molar-refractivity contribution in [3.05, 3.63) is 130 Å². The molecule has 0 N–H and O–H groups in total. The monoisotopic (exact) mass is 546 g/mol. The van der Waals surface area contributed by atoms with Crippen LogP contribution < -0.4 is 0 Å². The minimum Gasteiger partial charge on any atom is -0.461 e. The summed E-state index contributed by atoms with van der Waals surface area (Å²) in [6.45, 7) is 0.580. The molecule has 0 bridgehead atoms. The van der Waals surface area contributed by atoms with Crippen LogP contribution >= 0.6 is 0 Å². The highest BCUT2D eigenvalue weighted by molar-refractivity contribution is 5.88. The number of ether oxygens (including phenoxy) is 2. The van der Waals surface area contributed by atoms with Crippen molar-refractivity contribution in [1.29, 1.82) is 0 Å².